The summed E-state index contributed by atoms with van der Waals surface area (Å²) < 4.78 is 0. The predicted molar refractivity (Wildman–Crippen MR) is 105 cm³/mol. The number of benzene rings is 3. The van der Waals surface area contributed by atoms with Gasteiger partial charge in [-0.05, 0) is 46.9 Å². The second kappa shape index (κ2) is 7.67. The van der Waals surface area contributed by atoms with E-state index in [0.717, 1.165) is 22.5 Å². The quantitative estimate of drug-likeness (QED) is 0.594. The van der Waals surface area contributed by atoms with Crippen LogP contribution < -0.4 is 10.6 Å². The molecule has 0 aliphatic heterocycles. The molecule has 2 N–H and O–H groups in total. The second-order valence-electron chi connectivity index (χ2n) is 6.30. The summed E-state index contributed by atoms with van der Waals surface area (Å²) in [4.78, 5) is 12.1. The van der Waals surface area contributed by atoms with Gasteiger partial charge in [0.05, 0.1) is 0 Å². The van der Waals surface area contributed by atoms with E-state index < -0.39 is 0 Å². The molecular weight excluding hydrogens is 308 g/mol. The topological polar surface area (TPSA) is 41.1 Å². The van der Waals surface area contributed by atoms with Crippen LogP contribution in [0.4, 0.5) is 16.2 Å². The first-order valence-corrected chi connectivity index (χ1v) is 8.45. The molecule has 0 aliphatic rings. The molecule has 0 radical (unpaired) electrons. The summed E-state index contributed by atoms with van der Waals surface area (Å²) in [5.74, 6) is 0.478. The monoisotopic (exact) mass is 330 g/mol. The number of amides is 2. The minimum atomic E-state index is -0.246. The summed E-state index contributed by atoms with van der Waals surface area (Å²) in [7, 11) is 0. The van der Waals surface area contributed by atoms with Gasteiger partial charge in [0, 0.05) is 11.4 Å². The summed E-state index contributed by atoms with van der Waals surface area (Å²) in [5, 5.41) is 5.71. The fourth-order valence-corrected chi connectivity index (χ4v) is 2.62. The third-order valence-corrected chi connectivity index (χ3v) is 4.09. The van der Waals surface area contributed by atoms with E-state index in [-0.39, 0.29) is 6.03 Å². The summed E-state index contributed by atoms with van der Waals surface area (Å²) in [6.07, 6.45) is 0. The number of carbonyl (C=O) groups is 1. The van der Waals surface area contributed by atoms with Crippen molar-refractivity contribution in [3.63, 3.8) is 0 Å². The van der Waals surface area contributed by atoms with E-state index >= 15 is 0 Å². The standard InChI is InChI=1S/C22H22N2O/c1-16(2)17-8-12-20(13-9-17)23-22(25)24-21-14-10-19(11-15-21)18-6-4-3-5-7-18/h3-16H,1-2H3,(H2,23,24,25). The largest absolute Gasteiger partial charge is 0.323 e. The minimum absolute atomic E-state index is 0.246. The summed E-state index contributed by atoms with van der Waals surface area (Å²) in [5.41, 5.74) is 5.07. The molecule has 0 atom stereocenters. The van der Waals surface area contributed by atoms with E-state index in [1.54, 1.807) is 0 Å². The lowest BCUT2D eigenvalue weighted by Gasteiger charge is -2.10. The van der Waals surface area contributed by atoms with Crippen molar-refractivity contribution in [2.75, 3.05) is 10.6 Å². The molecule has 25 heavy (non-hydrogen) atoms. The highest BCUT2D eigenvalue weighted by atomic mass is 16.2. The molecule has 126 valence electrons. The van der Waals surface area contributed by atoms with Crippen LogP contribution in [0.3, 0.4) is 0 Å². The third-order valence-electron chi connectivity index (χ3n) is 4.09. The van der Waals surface area contributed by atoms with Gasteiger partial charge in [0.15, 0.2) is 0 Å². The number of urea groups is 1. The first-order chi connectivity index (χ1) is 12.1. The van der Waals surface area contributed by atoms with Gasteiger partial charge in [-0.2, -0.15) is 0 Å². The van der Waals surface area contributed by atoms with Crippen molar-refractivity contribution in [1.82, 2.24) is 0 Å². The number of anilines is 2. The Kier molecular flexibility index (Phi) is 5.14. The summed E-state index contributed by atoms with van der Waals surface area (Å²) in [6.45, 7) is 4.29. The average molecular weight is 330 g/mol. The van der Waals surface area contributed by atoms with E-state index in [1.165, 1.54) is 5.56 Å². The Morgan fingerprint density at radius 2 is 1.16 bits per heavy atom. The zero-order valence-electron chi connectivity index (χ0n) is 14.5. The number of nitrogens with one attached hydrogen (secondary N) is 2. The summed E-state index contributed by atoms with van der Waals surface area (Å²) >= 11 is 0. The van der Waals surface area contributed by atoms with Crippen LogP contribution in [0, 0.1) is 0 Å². The van der Waals surface area contributed by atoms with Gasteiger partial charge in [-0.3, -0.25) is 0 Å². The van der Waals surface area contributed by atoms with E-state index in [4.69, 9.17) is 0 Å². The molecule has 0 fully saturated rings. The van der Waals surface area contributed by atoms with Gasteiger partial charge in [-0.1, -0.05) is 68.4 Å². The molecule has 0 aliphatic carbocycles. The molecule has 3 nitrogen and oxygen atoms in total. The van der Waals surface area contributed by atoms with Crippen LogP contribution in [-0.2, 0) is 0 Å². The van der Waals surface area contributed by atoms with Gasteiger partial charge >= 0.3 is 6.03 Å². The fourth-order valence-electron chi connectivity index (χ4n) is 2.62. The lowest BCUT2D eigenvalue weighted by atomic mass is 10.0. The number of hydrogen-bond donors (Lipinski definition) is 2. The lowest BCUT2D eigenvalue weighted by Crippen LogP contribution is -2.19. The maximum absolute atomic E-state index is 12.1. The average Bonchev–Trinajstić information content (AvgIpc) is 2.63. The van der Waals surface area contributed by atoms with E-state index in [2.05, 4.69) is 36.6 Å². The second-order valence-corrected chi connectivity index (χ2v) is 6.30. The number of rotatable bonds is 4. The van der Waals surface area contributed by atoms with Crippen LogP contribution in [0.1, 0.15) is 25.3 Å². The van der Waals surface area contributed by atoms with Crippen molar-refractivity contribution >= 4 is 17.4 Å². The highest BCUT2D eigenvalue weighted by Crippen LogP contribution is 2.21. The molecule has 3 aromatic carbocycles. The van der Waals surface area contributed by atoms with Crippen molar-refractivity contribution < 1.29 is 4.79 Å². The Balaban J connectivity index is 1.61. The molecular formula is C22H22N2O. The minimum Gasteiger partial charge on any atom is -0.308 e. The molecule has 0 saturated heterocycles. The Morgan fingerprint density at radius 1 is 0.680 bits per heavy atom. The van der Waals surface area contributed by atoms with Crippen LogP contribution in [0.15, 0.2) is 78.9 Å². The van der Waals surface area contributed by atoms with Crippen molar-refractivity contribution in [2.24, 2.45) is 0 Å². The maximum Gasteiger partial charge on any atom is 0.323 e. The molecule has 0 unspecified atom stereocenters. The third kappa shape index (κ3) is 4.48. The fraction of sp³-hybridized carbons (Fsp3) is 0.136. The zero-order valence-corrected chi connectivity index (χ0v) is 14.5. The van der Waals surface area contributed by atoms with Gasteiger partial charge in [-0.15, -0.1) is 0 Å². The summed E-state index contributed by atoms with van der Waals surface area (Å²) in [6, 6.07) is 25.6. The SMILES string of the molecule is CC(C)c1ccc(NC(=O)Nc2ccc(-c3ccccc3)cc2)cc1. The zero-order chi connectivity index (χ0) is 17.6. The molecule has 3 rings (SSSR count). The molecule has 0 aromatic heterocycles. The van der Waals surface area contributed by atoms with E-state index in [1.807, 2.05) is 66.7 Å². The van der Waals surface area contributed by atoms with Crippen molar-refractivity contribution in [3.05, 3.63) is 84.4 Å². The van der Waals surface area contributed by atoms with Crippen molar-refractivity contribution in [3.8, 4) is 11.1 Å². The van der Waals surface area contributed by atoms with Crippen LogP contribution in [0.25, 0.3) is 11.1 Å². The molecule has 3 heteroatoms. The Hall–Kier alpha value is -3.07. The molecule has 2 amide bonds. The smallest absolute Gasteiger partial charge is 0.308 e. The molecule has 0 saturated carbocycles. The van der Waals surface area contributed by atoms with Crippen LogP contribution >= 0.6 is 0 Å². The van der Waals surface area contributed by atoms with Gasteiger partial charge < -0.3 is 10.6 Å². The first kappa shape index (κ1) is 16.8. The highest BCUT2D eigenvalue weighted by Gasteiger charge is 2.04. The first-order valence-electron chi connectivity index (χ1n) is 8.45. The molecule has 0 bridgehead atoms. The van der Waals surface area contributed by atoms with Crippen molar-refractivity contribution in [2.45, 2.75) is 19.8 Å². The Labute approximate surface area is 148 Å². The highest BCUT2D eigenvalue weighted by molar-refractivity contribution is 5.99. The predicted octanol–water partition coefficient (Wildman–Crippen LogP) is 6.12. The maximum atomic E-state index is 12.1. The Morgan fingerprint density at radius 3 is 1.68 bits per heavy atom. The van der Waals surface area contributed by atoms with Crippen LogP contribution in [-0.4, -0.2) is 6.03 Å². The molecule has 0 heterocycles. The normalized spacial score (nSPS) is 10.5. The van der Waals surface area contributed by atoms with Crippen molar-refractivity contribution in [1.29, 1.82) is 0 Å². The van der Waals surface area contributed by atoms with Crippen LogP contribution in [0.2, 0.25) is 0 Å². The number of hydrogen-bond acceptors (Lipinski definition) is 1. The van der Waals surface area contributed by atoms with E-state index in [9.17, 15) is 4.79 Å². The molecule has 0 spiro atoms. The van der Waals surface area contributed by atoms with Gasteiger partial charge in [-0.25, -0.2) is 4.79 Å². The molecule has 3 aromatic rings. The Bertz CT molecular complexity index is 822. The number of carbonyl (C=O) groups excluding carboxylic acids is 1. The van der Waals surface area contributed by atoms with E-state index in [0.29, 0.717) is 5.92 Å². The van der Waals surface area contributed by atoms with Crippen LogP contribution in [0.5, 0.6) is 0 Å². The van der Waals surface area contributed by atoms with Gasteiger partial charge in [0.2, 0.25) is 0 Å². The van der Waals surface area contributed by atoms with Gasteiger partial charge in [0.1, 0.15) is 0 Å². The lowest BCUT2D eigenvalue weighted by molar-refractivity contribution is 0.262. The van der Waals surface area contributed by atoms with Gasteiger partial charge in [0.25, 0.3) is 0 Å².